The van der Waals surface area contributed by atoms with Crippen molar-refractivity contribution in [2.24, 2.45) is 0 Å². The Morgan fingerprint density at radius 2 is 2.50 bits per heavy atom. The van der Waals surface area contributed by atoms with Gasteiger partial charge in [0.2, 0.25) is 11.2 Å². The van der Waals surface area contributed by atoms with Gasteiger partial charge in [0, 0.05) is 0 Å². The molecule has 0 saturated heterocycles. The fourth-order valence-corrected chi connectivity index (χ4v) is 0.795. The van der Waals surface area contributed by atoms with Crippen molar-refractivity contribution in [2.45, 2.75) is 6.92 Å². The van der Waals surface area contributed by atoms with Crippen LogP contribution in [-0.2, 0) is 0 Å². The molecule has 0 bridgehead atoms. The van der Waals surface area contributed by atoms with Crippen LogP contribution >= 0.6 is 11.6 Å². The highest BCUT2D eigenvalue weighted by molar-refractivity contribution is 6.28. The number of nitriles is 1. The smallest absolute Gasteiger partial charge is 0.236 e. The summed E-state index contributed by atoms with van der Waals surface area (Å²) in [6.07, 6.45) is 1.33. The minimum atomic E-state index is 0.0810. The third-order valence-corrected chi connectivity index (χ3v) is 1.31. The maximum absolute atomic E-state index is 8.58. The van der Waals surface area contributed by atoms with Crippen molar-refractivity contribution in [3.05, 3.63) is 17.0 Å². The van der Waals surface area contributed by atoms with Gasteiger partial charge in [0.05, 0.1) is 12.8 Å². The maximum Gasteiger partial charge on any atom is 0.236 e. The van der Waals surface area contributed by atoms with Crippen LogP contribution in [-0.4, -0.2) is 16.6 Å². The molecular formula is C7H6ClN3O. The fourth-order valence-electron chi connectivity index (χ4n) is 0.669. The van der Waals surface area contributed by atoms with Crippen molar-refractivity contribution in [3.8, 4) is 11.9 Å². The van der Waals surface area contributed by atoms with Gasteiger partial charge in [-0.25, -0.2) is 4.98 Å². The van der Waals surface area contributed by atoms with E-state index >= 15 is 0 Å². The first-order valence-electron chi connectivity index (χ1n) is 3.33. The number of aromatic nitrogens is 2. The van der Waals surface area contributed by atoms with Gasteiger partial charge in [-0.1, -0.05) is 0 Å². The predicted octanol–water partition coefficient (Wildman–Crippen LogP) is 1.40. The van der Waals surface area contributed by atoms with Gasteiger partial charge < -0.3 is 4.74 Å². The van der Waals surface area contributed by atoms with Crippen molar-refractivity contribution in [3.63, 3.8) is 0 Å². The summed E-state index contributed by atoms with van der Waals surface area (Å²) in [4.78, 5) is 7.39. The molecule has 12 heavy (non-hydrogen) atoms. The third-order valence-electron chi connectivity index (χ3n) is 1.13. The number of hydrogen-bond donors (Lipinski definition) is 0. The molecule has 0 aliphatic carbocycles. The van der Waals surface area contributed by atoms with Crippen molar-refractivity contribution in [1.82, 2.24) is 9.97 Å². The van der Waals surface area contributed by atoms with E-state index in [1.807, 2.05) is 6.07 Å². The second-order valence-corrected chi connectivity index (χ2v) is 2.24. The molecule has 0 unspecified atom stereocenters. The first-order chi connectivity index (χ1) is 5.77. The van der Waals surface area contributed by atoms with Gasteiger partial charge in [-0.3, -0.25) is 0 Å². The topological polar surface area (TPSA) is 58.8 Å². The Morgan fingerprint density at radius 1 is 1.75 bits per heavy atom. The van der Waals surface area contributed by atoms with Crippen LogP contribution < -0.4 is 4.74 Å². The van der Waals surface area contributed by atoms with E-state index in [1.165, 1.54) is 6.20 Å². The molecule has 0 N–H and O–H groups in total. The Kier molecular flexibility index (Phi) is 2.83. The summed E-state index contributed by atoms with van der Waals surface area (Å²) in [5, 5.41) is 8.66. The Hall–Kier alpha value is -1.34. The lowest BCUT2D eigenvalue weighted by Gasteiger charge is -2.02. The molecule has 1 aromatic heterocycles. The largest absolute Gasteiger partial charge is 0.477 e. The van der Waals surface area contributed by atoms with E-state index in [0.717, 1.165) is 0 Å². The van der Waals surface area contributed by atoms with Gasteiger partial charge in [0.1, 0.15) is 11.6 Å². The minimum Gasteiger partial charge on any atom is -0.477 e. The SMILES string of the molecule is CCOc1nc(Cl)ncc1C#N. The molecule has 1 aromatic rings. The fraction of sp³-hybridized carbons (Fsp3) is 0.286. The molecule has 0 aromatic carbocycles. The molecule has 0 aliphatic heterocycles. The van der Waals surface area contributed by atoms with Crippen LogP contribution in [0.25, 0.3) is 0 Å². The molecule has 0 spiro atoms. The van der Waals surface area contributed by atoms with E-state index in [4.69, 9.17) is 21.6 Å². The lowest BCUT2D eigenvalue weighted by atomic mass is 10.4. The summed E-state index contributed by atoms with van der Waals surface area (Å²) >= 11 is 5.50. The monoisotopic (exact) mass is 183 g/mol. The van der Waals surface area contributed by atoms with E-state index < -0.39 is 0 Å². The van der Waals surface area contributed by atoms with Crippen molar-refractivity contribution >= 4 is 11.6 Å². The minimum absolute atomic E-state index is 0.0810. The lowest BCUT2D eigenvalue weighted by molar-refractivity contribution is 0.325. The number of nitrogens with zero attached hydrogens (tertiary/aromatic N) is 3. The Bertz CT molecular complexity index is 321. The van der Waals surface area contributed by atoms with E-state index in [1.54, 1.807) is 6.92 Å². The Balaban J connectivity index is 3.06. The van der Waals surface area contributed by atoms with Crippen molar-refractivity contribution < 1.29 is 4.74 Å². The number of hydrogen-bond acceptors (Lipinski definition) is 4. The van der Waals surface area contributed by atoms with E-state index in [-0.39, 0.29) is 11.2 Å². The molecule has 0 amide bonds. The zero-order valence-corrected chi connectivity index (χ0v) is 7.17. The lowest BCUT2D eigenvalue weighted by Crippen LogP contribution is -1.98. The molecule has 0 saturated carbocycles. The summed E-state index contributed by atoms with van der Waals surface area (Å²) in [5.74, 6) is 0.236. The van der Waals surface area contributed by atoms with Gasteiger partial charge in [0.25, 0.3) is 0 Å². The second kappa shape index (κ2) is 3.88. The quantitative estimate of drug-likeness (QED) is 0.651. The number of rotatable bonds is 2. The molecule has 0 aliphatic rings. The average molecular weight is 184 g/mol. The van der Waals surface area contributed by atoms with Gasteiger partial charge >= 0.3 is 0 Å². The summed E-state index contributed by atoms with van der Waals surface area (Å²) < 4.78 is 5.05. The Morgan fingerprint density at radius 3 is 3.08 bits per heavy atom. The first-order valence-corrected chi connectivity index (χ1v) is 3.71. The van der Waals surface area contributed by atoms with Crippen LogP contribution in [0.4, 0.5) is 0 Å². The molecule has 62 valence electrons. The molecular weight excluding hydrogens is 178 g/mol. The van der Waals surface area contributed by atoms with Crippen LogP contribution in [0, 0.1) is 11.3 Å². The molecule has 1 heterocycles. The van der Waals surface area contributed by atoms with Crippen molar-refractivity contribution in [2.75, 3.05) is 6.61 Å². The van der Waals surface area contributed by atoms with Crippen LogP contribution in [0.15, 0.2) is 6.20 Å². The first kappa shape index (κ1) is 8.75. The van der Waals surface area contributed by atoms with Crippen molar-refractivity contribution in [1.29, 1.82) is 5.26 Å². The molecule has 0 fully saturated rings. The summed E-state index contributed by atoms with van der Waals surface area (Å²) in [5.41, 5.74) is 0.293. The Labute approximate surface area is 74.8 Å². The van der Waals surface area contributed by atoms with Gasteiger partial charge in [-0.15, -0.1) is 0 Å². The highest BCUT2D eigenvalue weighted by Gasteiger charge is 2.05. The zero-order valence-electron chi connectivity index (χ0n) is 6.41. The summed E-state index contributed by atoms with van der Waals surface area (Å²) in [6, 6.07) is 1.90. The van der Waals surface area contributed by atoms with Crippen LogP contribution in [0.2, 0.25) is 5.28 Å². The molecule has 0 atom stereocenters. The zero-order chi connectivity index (χ0) is 8.97. The van der Waals surface area contributed by atoms with Gasteiger partial charge in [-0.05, 0) is 18.5 Å². The molecule has 4 nitrogen and oxygen atoms in total. The standard InChI is InChI=1S/C7H6ClN3O/c1-2-12-6-5(3-9)4-10-7(8)11-6/h4H,2H2,1H3. The van der Waals surface area contributed by atoms with Gasteiger partial charge in [-0.2, -0.15) is 10.2 Å². The highest BCUT2D eigenvalue weighted by atomic mass is 35.5. The molecule has 1 rings (SSSR count). The maximum atomic E-state index is 8.58. The second-order valence-electron chi connectivity index (χ2n) is 1.90. The third kappa shape index (κ3) is 1.83. The normalized spacial score (nSPS) is 9.08. The average Bonchev–Trinajstić information content (AvgIpc) is 2.05. The van der Waals surface area contributed by atoms with E-state index in [0.29, 0.717) is 12.2 Å². The summed E-state index contributed by atoms with van der Waals surface area (Å²) in [7, 11) is 0. The predicted molar refractivity (Wildman–Crippen MR) is 42.9 cm³/mol. The van der Waals surface area contributed by atoms with Crippen LogP contribution in [0.5, 0.6) is 5.88 Å². The molecule has 0 radical (unpaired) electrons. The number of ether oxygens (including phenoxy) is 1. The van der Waals surface area contributed by atoms with Crippen LogP contribution in [0.3, 0.4) is 0 Å². The van der Waals surface area contributed by atoms with E-state index in [2.05, 4.69) is 9.97 Å². The molecule has 5 heteroatoms. The van der Waals surface area contributed by atoms with Gasteiger partial charge in [0.15, 0.2) is 0 Å². The summed E-state index contributed by atoms with van der Waals surface area (Å²) in [6.45, 7) is 2.25. The van der Waals surface area contributed by atoms with E-state index in [9.17, 15) is 0 Å². The van der Waals surface area contributed by atoms with Crippen LogP contribution in [0.1, 0.15) is 12.5 Å². The highest BCUT2D eigenvalue weighted by Crippen LogP contribution is 2.14. The number of halogens is 1.